The Kier molecular flexibility index (Phi) is 3.67. The van der Waals surface area contributed by atoms with E-state index in [0.29, 0.717) is 12.7 Å². The molecule has 0 aliphatic heterocycles. The molecule has 0 bridgehead atoms. The molecule has 1 rings (SSSR count). The van der Waals surface area contributed by atoms with Crippen LogP contribution in [0.2, 0.25) is 0 Å². The van der Waals surface area contributed by atoms with E-state index in [0.717, 1.165) is 6.42 Å². The third-order valence-electron chi connectivity index (χ3n) is 3.23. The van der Waals surface area contributed by atoms with Crippen LogP contribution in [0.25, 0.3) is 0 Å². The van der Waals surface area contributed by atoms with Gasteiger partial charge in [-0.3, -0.25) is 9.59 Å². The van der Waals surface area contributed by atoms with Crippen LogP contribution in [-0.2, 0) is 23.9 Å². The lowest BCUT2D eigenvalue weighted by atomic mass is 10.0. The molecule has 90 valence electrons. The molecule has 2 unspecified atom stereocenters. The summed E-state index contributed by atoms with van der Waals surface area (Å²) in [6.45, 7) is 1.93. The van der Waals surface area contributed by atoms with Gasteiger partial charge in [-0.25, -0.2) is 0 Å². The van der Waals surface area contributed by atoms with Crippen molar-refractivity contribution in [3.8, 4) is 0 Å². The quantitative estimate of drug-likeness (QED) is 0.391. The van der Waals surface area contributed by atoms with Gasteiger partial charge in [-0.15, -0.1) is 0 Å². The molecule has 1 aliphatic carbocycles. The standard InChI is InChI=1S/C11H16O5/c1-4-5-7-8(6-12)11(7,9(13)15-2)10(14)16-3/h6-8H,4-5H2,1-3H3. The summed E-state index contributed by atoms with van der Waals surface area (Å²) in [6, 6.07) is 0. The minimum absolute atomic E-state index is 0.283. The number of carbonyl (C=O) groups excluding carboxylic acids is 3. The number of hydrogen-bond donors (Lipinski definition) is 0. The molecule has 2 atom stereocenters. The number of carbonyl (C=O) groups is 3. The monoisotopic (exact) mass is 228 g/mol. The summed E-state index contributed by atoms with van der Waals surface area (Å²) >= 11 is 0. The van der Waals surface area contributed by atoms with E-state index in [4.69, 9.17) is 0 Å². The van der Waals surface area contributed by atoms with Crippen LogP contribution in [0.3, 0.4) is 0 Å². The van der Waals surface area contributed by atoms with Gasteiger partial charge in [-0.05, 0) is 12.3 Å². The molecule has 16 heavy (non-hydrogen) atoms. The second kappa shape index (κ2) is 4.63. The molecular formula is C11H16O5. The number of methoxy groups -OCH3 is 2. The number of aldehydes is 1. The summed E-state index contributed by atoms with van der Waals surface area (Å²) in [4.78, 5) is 34.2. The molecule has 0 N–H and O–H groups in total. The lowest BCUT2D eigenvalue weighted by Crippen LogP contribution is -2.32. The Hall–Kier alpha value is -1.39. The van der Waals surface area contributed by atoms with Gasteiger partial charge in [0.15, 0.2) is 5.41 Å². The summed E-state index contributed by atoms with van der Waals surface area (Å²) in [7, 11) is 2.41. The van der Waals surface area contributed by atoms with Crippen LogP contribution in [0.5, 0.6) is 0 Å². The topological polar surface area (TPSA) is 69.7 Å². The van der Waals surface area contributed by atoms with Crippen molar-refractivity contribution in [2.24, 2.45) is 17.3 Å². The molecule has 1 aliphatic rings. The van der Waals surface area contributed by atoms with E-state index in [9.17, 15) is 14.4 Å². The van der Waals surface area contributed by atoms with Crippen molar-refractivity contribution in [1.82, 2.24) is 0 Å². The first-order valence-corrected chi connectivity index (χ1v) is 5.23. The van der Waals surface area contributed by atoms with Crippen LogP contribution in [0.15, 0.2) is 0 Å². The Morgan fingerprint density at radius 2 is 1.75 bits per heavy atom. The smallest absolute Gasteiger partial charge is 0.324 e. The second-order valence-corrected chi connectivity index (χ2v) is 3.91. The molecular weight excluding hydrogens is 212 g/mol. The van der Waals surface area contributed by atoms with Gasteiger partial charge in [0, 0.05) is 5.92 Å². The largest absolute Gasteiger partial charge is 0.468 e. The Bertz CT molecular complexity index is 293. The van der Waals surface area contributed by atoms with Crippen molar-refractivity contribution in [3.05, 3.63) is 0 Å². The maximum absolute atomic E-state index is 11.7. The molecule has 0 heterocycles. The fourth-order valence-electron chi connectivity index (χ4n) is 2.41. The summed E-state index contributed by atoms with van der Waals surface area (Å²) in [6.07, 6.45) is 2.08. The summed E-state index contributed by atoms with van der Waals surface area (Å²) in [5.41, 5.74) is -1.39. The van der Waals surface area contributed by atoms with Gasteiger partial charge in [0.2, 0.25) is 0 Å². The third-order valence-corrected chi connectivity index (χ3v) is 3.23. The van der Waals surface area contributed by atoms with Gasteiger partial charge in [0.1, 0.15) is 6.29 Å². The lowest BCUT2D eigenvalue weighted by Gasteiger charge is -2.12. The molecule has 1 fully saturated rings. The Morgan fingerprint density at radius 3 is 2.06 bits per heavy atom. The lowest BCUT2D eigenvalue weighted by molar-refractivity contribution is -0.163. The van der Waals surface area contributed by atoms with E-state index >= 15 is 0 Å². The maximum atomic E-state index is 11.7. The summed E-state index contributed by atoms with van der Waals surface area (Å²) < 4.78 is 9.22. The average Bonchev–Trinajstić information content (AvgIpc) is 2.96. The van der Waals surface area contributed by atoms with E-state index in [-0.39, 0.29) is 5.92 Å². The predicted octanol–water partition coefficient (Wildman–Crippen LogP) is 0.564. The van der Waals surface area contributed by atoms with Crippen molar-refractivity contribution >= 4 is 18.2 Å². The average molecular weight is 228 g/mol. The van der Waals surface area contributed by atoms with Crippen LogP contribution in [0.4, 0.5) is 0 Å². The zero-order chi connectivity index (χ0) is 12.3. The molecule has 1 saturated carbocycles. The van der Waals surface area contributed by atoms with Gasteiger partial charge in [-0.2, -0.15) is 0 Å². The Balaban J connectivity index is 3.02. The normalized spacial score (nSPS) is 25.7. The minimum atomic E-state index is -1.39. The number of rotatable bonds is 5. The highest BCUT2D eigenvalue weighted by Crippen LogP contribution is 2.61. The van der Waals surface area contributed by atoms with Gasteiger partial charge < -0.3 is 14.3 Å². The van der Waals surface area contributed by atoms with E-state index in [1.807, 2.05) is 6.92 Å². The first-order valence-electron chi connectivity index (χ1n) is 5.23. The van der Waals surface area contributed by atoms with Crippen molar-refractivity contribution in [3.63, 3.8) is 0 Å². The van der Waals surface area contributed by atoms with E-state index in [2.05, 4.69) is 9.47 Å². The second-order valence-electron chi connectivity index (χ2n) is 3.91. The number of hydrogen-bond acceptors (Lipinski definition) is 5. The molecule has 0 saturated heterocycles. The first kappa shape index (κ1) is 12.7. The van der Waals surface area contributed by atoms with Crippen molar-refractivity contribution in [2.75, 3.05) is 14.2 Å². The van der Waals surface area contributed by atoms with Gasteiger partial charge in [0.25, 0.3) is 0 Å². The van der Waals surface area contributed by atoms with Crippen LogP contribution in [0.1, 0.15) is 19.8 Å². The number of ether oxygens (including phenoxy) is 2. The highest BCUT2D eigenvalue weighted by atomic mass is 16.5. The fourth-order valence-corrected chi connectivity index (χ4v) is 2.41. The molecule has 0 radical (unpaired) electrons. The van der Waals surface area contributed by atoms with E-state index < -0.39 is 23.3 Å². The third kappa shape index (κ3) is 1.50. The molecule has 0 aromatic heterocycles. The predicted molar refractivity (Wildman–Crippen MR) is 54.4 cm³/mol. The Labute approximate surface area is 94.1 Å². The van der Waals surface area contributed by atoms with Crippen LogP contribution in [-0.4, -0.2) is 32.4 Å². The SMILES string of the molecule is CCCC1C(C=O)C1(C(=O)OC)C(=O)OC. The maximum Gasteiger partial charge on any atom is 0.324 e. The zero-order valence-electron chi connectivity index (χ0n) is 9.69. The molecule has 0 aromatic carbocycles. The molecule has 0 spiro atoms. The molecule has 0 aromatic rings. The van der Waals surface area contributed by atoms with Crippen LogP contribution >= 0.6 is 0 Å². The fraction of sp³-hybridized carbons (Fsp3) is 0.727. The molecule has 5 nitrogen and oxygen atoms in total. The van der Waals surface area contributed by atoms with E-state index in [1.54, 1.807) is 0 Å². The molecule has 5 heteroatoms. The Morgan fingerprint density at radius 1 is 1.25 bits per heavy atom. The van der Waals surface area contributed by atoms with Crippen molar-refractivity contribution in [1.29, 1.82) is 0 Å². The highest BCUT2D eigenvalue weighted by molar-refractivity contribution is 6.07. The molecule has 0 amide bonds. The van der Waals surface area contributed by atoms with Crippen molar-refractivity contribution in [2.45, 2.75) is 19.8 Å². The van der Waals surface area contributed by atoms with Crippen LogP contribution in [0, 0.1) is 17.3 Å². The summed E-state index contributed by atoms with van der Waals surface area (Å²) in [5.74, 6) is -2.23. The minimum Gasteiger partial charge on any atom is -0.468 e. The van der Waals surface area contributed by atoms with Crippen molar-refractivity contribution < 1.29 is 23.9 Å². The summed E-state index contributed by atoms with van der Waals surface area (Å²) in [5, 5.41) is 0. The highest BCUT2D eigenvalue weighted by Gasteiger charge is 2.75. The number of esters is 2. The van der Waals surface area contributed by atoms with Gasteiger partial charge in [-0.1, -0.05) is 13.3 Å². The van der Waals surface area contributed by atoms with Crippen LogP contribution < -0.4 is 0 Å². The van der Waals surface area contributed by atoms with Gasteiger partial charge in [0.05, 0.1) is 14.2 Å². The first-order chi connectivity index (χ1) is 7.60. The van der Waals surface area contributed by atoms with Gasteiger partial charge >= 0.3 is 11.9 Å². The zero-order valence-corrected chi connectivity index (χ0v) is 9.69. The van der Waals surface area contributed by atoms with E-state index in [1.165, 1.54) is 14.2 Å².